The van der Waals surface area contributed by atoms with Crippen LogP contribution in [0.1, 0.15) is 5.56 Å². The molecule has 2 aliphatic rings. The van der Waals surface area contributed by atoms with Crippen LogP contribution in [-0.2, 0) is 15.9 Å². The van der Waals surface area contributed by atoms with Crippen molar-refractivity contribution in [2.75, 3.05) is 38.3 Å². The van der Waals surface area contributed by atoms with Gasteiger partial charge in [-0.25, -0.2) is 4.79 Å². The molecule has 0 radical (unpaired) electrons. The van der Waals surface area contributed by atoms with Crippen LogP contribution in [0.2, 0.25) is 0 Å². The van der Waals surface area contributed by atoms with Crippen molar-refractivity contribution in [1.29, 1.82) is 0 Å². The minimum absolute atomic E-state index is 0.0508. The smallest absolute Gasteiger partial charge is 0.321 e. The van der Waals surface area contributed by atoms with Crippen molar-refractivity contribution < 1.29 is 14.3 Å². The summed E-state index contributed by atoms with van der Waals surface area (Å²) in [7, 11) is 0. The summed E-state index contributed by atoms with van der Waals surface area (Å²) in [6.45, 7) is 3.22. The zero-order valence-electron chi connectivity index (χ0n) is 15.8. The Labute approximate surface area is 165 Å². The van der Waals surface area contributed by atoms with Crippen LogP contribution in [0.25, 0.3) is 0 Å². The Kier molecular flexibility index (Phi) is 5.77. The van der Waals surface area contributed by atoms with Gasteiger partial charge in [-0.15, -0.1) is 0 Å². The van der Waals surface area contributed by atoms with E-state index in [0.717, 1.165) is 31.0 Å². The van der Waals surface area contributed by atoms with Gasteiger partial charge in [-0.2, -0.15) is 0 Å². The molecule has 0 spiro atoms. The third kappa shape index (κ3) is 4.46. The predicted octanol–water partition coefficient (Wildman–Crippen LogP) is 3.29. The van der Waals surface area contributed by atoms with Gasteiger partial charge >= 0.3 is 6.03 Å². The largest absolute Gasteiger partial charge is 0.462 e. The van der Waals surface area contributed by atoms with Crippen LogP contribution in [0.15, 0.2) is 72.7 Å². The number of urea groups is 1. The van der Waals surface area contributed by atoms with Crippen LogP contribution in [0.5, 0.6) is 0 Å². The summed E-state index contributed by atoms with van der Waals surface area (Å²) in [5, 5.41) is 2.96. The molecule has 1 saturated heterocycles. The van der Waals surface area contributed by atoms with Gasteiger partial charge in [0.1, 0.15) is 6.26 Å². The van der Waals surface area contributed by atoms with Crippen molar-refractivity contribution in [3.63, 3.8) is 0 Å². The fourth-order valence-corrected chi connectivity index (χ4v) is 3.63. The number of carbonyl (C=O) groups is 1. The summed E-state index contributed by atoms with van der Waals surface area (Å²) < 4.78 is 11.0. The number of rotatable bonds is 5. The van der Waals surface area contributed by atoms with E-state index in [2.05, 4.69) is 34.5 Å². The lowest BCUT2D eigenvalue weighted by molar-refractivity contribution is 0.0500. The molecule has 146 valence electrons. The molecule has 2 heterocycles. The van der Waals surface area contributed by atoms with Gasteiger partial charge in [0.15, 0.2) is 5.76 Å². The third-order valence-electron chi connectivity index (χ3n) is 5.16. The molecule has 2 amide bonds. The highest BCUT2D eigenvalue weighted by molar-refractivity contribution is 5.89. The van der Waals surface area contributed by atoms with Crippen molar-refractivity contribution >= 4 is 11.7 Å². The lowest BCUT2D eigenvalue weighted by Gasteiger charge is -2.39. The number of nitrogens with zero attached hydrogens (tertiary/aromatic N) is 2. The first-order valence-corrected chi connectivity index (χ1v) is 9.63. The Balaban J connectivity index is 1.38. The van der Waals surface area contributed by atoms with E-state index in [4.69, 9.17) is 9.47 Å². The van der Waals surface area contributed by atoms with Gasteiger partial charge in [0, 0.05) is 31.9 Å². The molecular weight excluding hydrogens is 354 g/mol. The number of para-hydroxylation sites is 1. The van der Waals surface area contributed by atoms with E-state index in [1.54, 1.807) is 6.26 Å². The average Bonchev–Trinajstić information content (AvgIpc) is 3.28. The minimum Gasteiger partial charge on any atom is -0.462 e. The summed E-state index contributed by atoms with van der Waals surface area (Å²) >= 11 is 0. The fraction of sp³-hybridized carbons (Fsp3) is 0.318. The van der Waals surface area contributed by atoms with Crippen molar-refractivity contribution in [3.8, 4) is 0 Å². The average molecular weight is 379 g/mol. The Morgan fingerprint density at radius 2 is 1.64 bits per heavy atom. The number of hydrogen-bond donors (Lipinski definition) is 1. The Morgan fingerprint density at radius 3 is 2.29 bits per heavy atom. The van der Waals surface area contributed by atoms with Crippen LogP contribution < -0.4 is 5.32 Å². The van der Waals surface area contributed by atoms with Gasteiger partial charge in [-0.1, -0.05) is 48.5 Å². The zero-order chi connectivity index (χ0) is 19.2. The summed E-state index contributed by atoms with van der Waals surface area (Å²) in [6.07, 6.45) is 2.58. The van der Waals surface area contributed by atoms with E-state index in [1.165, 1.54) is 5.56 Å². The maximum absolute atomic E-state index is 12.5. The summed E-state index contributed by atoms with van der Waals surface area (Å²) in [5.41, 5.74) is 2.08. The number of benzene rings is 2. The predicted molar refractivity (Wildman–Crippen MR) is 108 cm³/mol. The molecule has 4 rings (SSSR count). The summed E-state index contributed by atoms with van der Waals surface area (Å²) in [5.74, 6) is 0.867. The van der Waals surface area contributed by atoms with Crippen LogP contribution in [0.4, 0.5) is 10.5 Å². The zero-order valence-corrected chi connectivity index (χ0v) is 15.8. The molecule has 6 heteroatoms. The number of carbonyl (C=O) groups excluding carboxylic acids is 1. The second-order valence-electron chi connectivity index (χ2n) is 6.97. The molecule has 1 fully saturated rings. The molecule has 28 heavy (non-hydrogen) atoms. The highest BCUT2D eigenvalue weighted by atomic mass is 16.7. The first kappa shape index (κ1) is 18.4. The van der Waals surface area contributed by atoms with E-state index < -0.39 is 0 Å². The standard InChI is InChI=1S/C22H25N3O3/c26-22(23-19-9-5-2-6-10-19)25-13-11-24(12-14-25)20(21-16-27-17-28-21)15-18-7-3-1-4-8-18/h1-10,16,20H,11-15,17H2,(H,23,26). The van der Waals surface area contributed by atoms with Crippen molar-refractivity contribution in [2.45, 2.75) is 12.5 Å². The van der Waals surface area contributed by atoms with Crippen LogP contribution in [0, 0.1) is 0 Å². The number of piperazine rings is 1. The Morgan fingerprint density at radius 1 is 0.964 bits per heavy atom. The minimum atomic E-state index is -0.0508. The van der Waals surface area contributed by atoms with Gasteiger partial charge in [0.25, 0.3) is 0 Å². The lowest BCUT2D eigenvalue weighted by Crippen LogP contribution is -2.53. The second-order valence-corrected chi connectivity index (χ2v) is 6.97. The van der Waals surface area contributed by atoms with Gasteiger partial charge in [-0.3, -0.25) is 4.90 Å². The Bertz CT molecular complexity index is 802. The number of hydrogen-bond acceptors (Lipinski definition) is 4. The van der Waals surface area contributed by atoms with Crippen molar-refractivity contribution in [1.82, 2.24) is 9.80 Å². The molecule has 2 aliphatic heterocycles. The first-order valence-electron chi connectivity index (χ1n) is 9.63. The van der Waals surface area contributed by atoms with Crippen molar-refractivity contribution in [2.24, 2.45) is 0 Å². The van der Waals surface area contributed by atoms with E-state index in [1.807, 2.05) is 41.3 Å². The molecule has 1 unspecified atom stereocenters. The molecule has 0 aromatic heterocycles. The molecule has 6 nitrogen and oxygen atoms in total. The van der Waals surface area contributed by atoms with E-state index in [0.29, 0.717) is 13.1 Å². The second kappa shape index (κ2) is 8.80. The highest BCUT2D eigenvalue weighted by Gasteiger charge is 2.31. The van der Waals surface area contributed by atoms with Crippen LogP contribution in [0.3, 0.4) is 0 Å². The molecule has 0 bridgehead atoms. The SMILES string of the molecule is O=C(Nc1ccccc1)N1CCN(C(Cc2ccccc2)C2=COCO2)CC1. The molecular formula is C22H25N3O3. The number of anilines is 1. The lowest BCUT2D eigenvalue weighted by atomic mass is 10.0. The van der Waals surface area contributed by atoms with Gasteiger partial charge in [0.05, 0.1) is 6.04 Å². The topological polar surface area (TPSA) is 54.0 Å². The normalized spacial score (nSPS) is 18.0. The van der Waals surface area contributed by atoms with Gasteiger partial charge in [0.2, 0.25) is 6.79 Å². The van der Waals surface area contributed by atoms with E-state index >= 15 is 0 Å². The molecule has 1 atom stereocenters. The van der Waals surface area contributed by atoms with E-state index in [-0.39, 0.29) is 18.9 Å². The number of nitrogens with one attached hydrogen (secondary N) is 1. The fourth-order valence-electron chi connectivity index (χ4n) is 3.63. The van der Waals surface area contributed by atoms with Crippen LogP contribution >= 0.6 is 0 Å². The summed E-state index contributed by atoms with van der Waals surface area (Å²) in [4.78, 5) is 16.8. The quantitative estimate of drug-likeness (QED) is 0.866. The molecule has 2 aromatic rings. The molecule has 2 aromatic carbocycles. The first-order chi connectivity index (χ1) is 13.8. The maximum Gasteiger partial charge on any atom is 0.321 e. The van der Waals surface area contributed by atoms with Crippen molar-refractivity contribution in [3.05, 3.63) is 78.2 Å². The van der Waals surface area contributed by atoms with Gasteiger partial charge in [-0.05, 0) is 24.1 Å². The van der Waals surface area contributed by atoms with Gasteiger partial charge < -0.3 is 19.7 Å². The monoisotopic (exact) mass is 379 g/mol. The van der Waals surface area contributed by atoms with Crippen LogP contribution in [-0.4, -0.2) is 54.8 Å². The number of ether oxygens (including phenoxy) is 2. The molecule has 0 aliphatic carbocycles. The highest BCUT2D eigenvalue weighted by Crippen LogP contribution is 2.22. The maximum atomic E-state index is 12.5. The number of amides is 2. The third-order valence-corrected chi connectivity index (χ3v) is 5.16. The summed E-state index contributed by atoms with van der Waals surface area (Å²) in [6, 6.07) is 20.0. The molecule has 0 saturated carbocycles. The Hall–Kier alpha value is -2.99. The molecule has 1 N–H and O–H groups in total. The van der Waals surface area contributed by atoms with E-state index in [9.17, 15) is 4.79 Å².